The van der Waals surface area contributed by atoms with Gasteiger partial charge in [0.1, 0.15) is 10.3 Å². The standard InChI is InChI=1S/C29H32N6O5S2/c1-33-13-12-29(18-33)19-35(28(37)32-27-30-23-9-11-25(40-2)31-26(23)41-27)24-10-8-21(16-22(24)29)42(38,39)34(14-15-36)17-20-6-4-3-5-7-20/h3-11,16,36H,12-15,17-19H2,1-2H3,(H,30,32,37)/t29-/m0/s1. The van der Waals surface area contributed by atoms with Crippen LogP contribution in [-0.2, 0) is 22.0 Å². The van der Waals surface area contributed by atoms with E-state index in [4.69, 9.17) is 4.74 Å². The van der Waals surface area contributed by atoms with Crippen molar-refractivity contribution in [2.75, 3.05) is 57.2 Å². The number of likely N-dealkylation sites (N-methyl/N-ethyl adjacent to an activating group) is 1. The molecule has 6 rings (SSSR count). The van der Waals surface area contributed by atoms with Crippen LogP contribution in [0, 0.1) is 0 Å². The topological polar surface area (TPSA) is 128 Å². The molecule has 220 valence electrons. The third-order valence-electron chi connectivity index (χ3n) is 7.92. The van der Waals surface area contributed by atoms with Crippen molar-refractivity contribution in [2.24, 2.45) is 0 Å². The quantitative estimate of drug-likeness (QED) is 0.311. The highest BCUT2D eigenvalue weighted by atomic mass is 32.2. The van der Waals surface area contributed by atoms with E-state index in [9.17, 15) is 18.3 Å². The Bertz CT molecular complexity index is 1730. The molecule has 4 aromatic rings. The molecule has 0 aliphatic carbocycles. The first-order valence-electron chi connectivity index (χ1n) is 13.6. The summed E-state index contributed by atoms with van der Waals surface area (Å²) < 4.78 is 34.2. The Hall–Kier alpha value is -3.62. The van der Waals surface area contributed by atoms with Gasteiger partial charge in [0.05, 0.1) is 18.6 Å². The van der Waals surface area contributed by atoms with E-state index in [1.807, 2.05) is 37.4 Å². The van der Waals surface area contributed by atoms with Gasteiger partial charge in [-0.3, -0.25) is 10.2 Å². The van der Waals surface area contributed by atoms with Crippen molar-refractivity contribution in [3.8, 4) is 5.88 Å². The van der Waals surface area contributed by atoms with E-state index in [0.717, 1.165) is 24.1 Å². The van der Waals surface area contributed by atoms with Gasteiger partial charge in [-0.2, -0.15) is 4.31 Å². The number of likely N-dealkylation sites (tertiary alicyclic amines) is 1. The second-order valence-corrected chi connectivity index (χ2v) is 13.6. The van der Waals surface area contributed by atoms with Crippen LogP contribution in [0.15, 0.2) is 65.6 Å². The lowest BCUT2D eigenvalue weighted by Gasteiger charge is -2.25. The van der Waals surface area contributed by atoms with Crippen LogP contribution in [0.3, 0.4) is 0 Å². The van der Waals surface area contributed by atoms with Gasteiger partial charge in [-0.05, 0) is 55.4 Å². The summed E-state index contributed by atoms with van der Waals surface area (Å²) in [6.07, 6.45) is 0.791. The summed E-state index contributed by atoms with van der Waals surface area (Å²) in [4.78, 5) is 27.2. The van der Waals surface area contributed by atoms with Crippen molar-refractivity contribution in [1.29, 1.82) is 0 Å². The summed E-state index contributed by atoms with van der Waals surface area (Å²) in [6, 6.07) is 17.5. The van der Waals surface area contributed by atoms with Gasteiger partial charge in [0.2, 0.25) is 15.9 Å². The lowest BCUT2D eigenvalue weighted by molar-refractivity contribution is 0.251. The molecule has 0 unspecified atom stereocenters. The Morgan fingerprint density at radius 1 is 1.14 bits per heavy atom. The molecule has 2 aromatic heterocycles. The molecule has 0 saturated carbocycles. The number of hydrogen-bond donors (Lipinski definition) is 2. The number of amides is 2. The zero-order valence-electron chi connectivity index (χ0n) is 23.4. The summed E-state index contributed by atoms with van der Waals surface area (Å²) >= 11 is 1.26. The first kappa shape index (κ1) is 28.5. The number of sulfonamides is 1. The average molecular weight is 609 g/mol. The number of urea groups is 1. The molecule has 0 bridgehead atoms. The molecule has 2 amide bonds. The zero-order chi connectivity index (χ0) is 29.5. The average Bonchev–Trinajstić information content (AvgIpc) is 3.67. The predicted molar refractivity (Wildman–Crippen MR) is 162 cm³/mol. The molecular formula is C29H32N6O5S2. The number of thiazole rings is 1. The fraction of sp³-hybridized carbons (Fsp3) is 0.345. The van der Waals surface area contributed by atoms with Crippen molar-refractivity contribution >= 4 is 48.6 Å². The second-order valence-electron chi connectivity index (χ2n) is 10.7. The summed E-state index contributed by atoms with van der Waals surface area (Å²) in [5.74, 6) is 0.469. The molecule has 0 radical (unpaired) electrons. The maximum Gasteiger partial charge on any atom is 0.328 e. The van der Waals surface area contributed by atoms with E-state index >= 15 is 0 Å². The highest BCUT2D eigenvalue weighted by Crippen LogP contribution is 2.47. The van der Waals surface area contributed by atoms with Crippen molar-refractivity contribution in [2.45, 2.75) is 23.3 Å². The third kappa shape index (κ3) is 5.22. The molecule has 4 heterocycles. The van der Waals surface area contributed by atoms with Gasteiger partial charge >= 0.3 is 6.03 Å². The van der Waals surface area contributed by atoms with Crippen LogP contribution < -0.4 is 15.0 Å². The van der Waals surface area contributed by atoms with Crippen LogP contribution in [-0.4, -0.2) is 85.7 Å². The fourth-order valence-corrected chi connectivity index (χ4v) is 8.14. The maximum absolute atomic E-state index is 13.9. The monoisotopic (exact) mass is 608 g/mol. The Kier molecular flexibility index (Phi) is 7.62. The number of aromatic nitrogens is 2. The molecule has 2 N–H and O–H groups in total. The number of carbonyl (C=O) groups is 1. The van der Waals surface area contributed by atoms with Gasteiger partial charge < -0.3 is 14.7 Å². The molecule has 1 fully saturated rings. The molecule has 2 aliphatic heterocycles. The molecule has 2 aliphatic rings. The number of hydrogen-bond acceptors (Lipinski definition) is 9. The minimum atomic E-state index is -3.93. The SMILES string of the molecule is COc1ccc2nc(NC(=O)N3C[C@@]4(CCN(C)C4)c4cc(S(=O)(=O)N(CCO)Cc5ccccc5)ccc43)sc2n1. The number of benzene rings is 2. The van der Waals surface area contributed by atoms with Crippen LogP contribution in [0.5, 0.6) is 5.88 Å². The largest absolute Gasteiger partial charge is 0.481 e. The number of nitrogens with zero attached hydrogens (tertiary/aromatic N) is 5. The maximum atomic E-state index is 13.9. The highest BCUT2D eigenvalue weighted by molar-refractivity contribution is 7.89. The van der Waals surface area contributed by atoms with Gasteiger partial charge in [-0.25, -0.2) is 23.2 Å². The number of rotatable bonds is 8. The first-order valence-corrected chi connectivity index (χ1v) is 15.9. The van der Waals surface area contributed by atoms with Gasteiger partial charge in [0.15, 0.2) is 5.13 Å². The Morgan fingerprint density at radius 2 is 1.95 bits per heavy atom. The molecule has 1 atom stereocenters. The second kappa shape index (κ2) is 11.2. The van der Waals surface area contributed by atoms with E-state index in [1.54, 1.807) is 42.3 Å². The molecule has 42 heavy (non-hydrogen) atoms. The Morgan fingerprint density at radius 3 is 2.67 bits per heavy atom. The van der Waals surface area contributed by atoms with Gasteiger partial charge in [-0.1, -0.05) is 41.7 Å². The minimum Gasteiger partial charge on any atom is -0.481 e. The number of methoxy groups -OCH3 is 1. The van der Waals surface area contributed by atoms with Crippen LogP contribution >= 0.6 is 11.3 Å². The smallest absolute Gasteiger partial charge is 0.328 e. The number of pyridine rings is 1. The first-order chi connectivity index (χ1) is 20.2. The van der Waals surface area contributed by atoms with Gasteiger partial charge in [0.25, 0.3) is 0 Å². The van der Waals surface area contributed by atoms with E-state index < -0.39 is 15.4 Å². The molecule has 1 spiro atoms. The lowest BCUT2D eigenvalue weighted by atomic mass is 9.81. The zero-order valence-corrected chi connectivity index (χ0v) is 25.0. The number of nitrogens with one attached hydrogen (secondary N) is 1. The fourth-order valence-electron chi connectivity index (χ4n) is 5.88. The molecule has 1 saturated heterocycles. The molecule has 13 heteroatoms. The Labute approximate surface area is 248 Å². The van der Waals surface area contributed by atoms with Crippen molar-refractivity contribution < 1.29 is 23.1 Å². The Balaban J connectivity index is 1.32. The molecule has 11 nitrogen and oxygen atoms in total. The summed E-state index contributed by atoms with van der Waals surface area (Å²) in [5.41, 5.74) is 2.60. The number of aliphatic hydroxyl groups excluding tert-OH is 1. The van der Waals surface area contributed by atoms with E-state index in [2.05, 4.69) is 20.2 Å². The number of aliphatic hydroxyl groups is 1. The van der Waals surface area contributed by atoms with Crippen LogP contribution in [0.4, 0.5) is 15.6 Å². The molecule has 2 aromatic carbocycles. The third-order valence-corrected chi connectivity index (χ3v) is 10.6. The van der Waals surface area contributed by atoms with E-state index in [-0.39, 0.29) is 30.6 Å². The van der Waals surface area contributed by atoms with Crippen LogP contribution in [0.25, 0.3) is 10.3 Å². The van der Waals surface area contributed by atoms with Crippen molar-refractivity contribution in [3.05, 3.63) is 71.8 Å². The number of anilines is 2. The van der Waals surface area contributed by atoms with Crippen LogP contribution in [0.2, 0.25) is 0 Å². The van der Waals surface area contributed by atoms with Crippen molar-refractivity contribution in [3.63, 3.8) is 0 Å². The van der Waals surface area contributed by atoms with Crippen molar-refractivity contribution in [1.82, 2.24) is 19.2 Å². The van der Waals surface area contributed by atoms with Gasteiger partial charge in [-0.15, -0.1) is 0 Å². The predicted octanol–water partition coefficient (Wildman–Crippen LogP) is 3.51. The van der Waals surface area contributed by atoms with E-state index in [1.165, 1.54) is 15.6 Å². The lowest BCUT2D eigenvalue weighted by Crippen LogP contribution is -2.40. The van der Waals surface area contributed by atoms with Crippen LogP contribution in [0.1, 0.15) is 17.5 Å². The van der Waals surface area contributed by atoms with Gasteiger partial charge in [0, 0.05) is 43.3 Å². The minimum absolute atomic E-state index is 0.0282. The van der Waals surface area contributed by atoms with E-state index in [0.29, 0.717) is 40.1 Å². The number of ether oxygens (including phenoxy) is 1. The molecular weight excluding hydrogens is 576 g/mol. The summed E-state index contributed by atoms with van der Waals surface area (Å²) in [5, 5.41) is 13.0. The summed E-state index contributed by atoms with van der Waals surface area (Å²) in [7, 11) is -0.359. The number of fused-ring (bicyclic) bond motifs is 3. The number of carbonyl (C=O) groups excluding carboxylic acids is 1. The summed E-state index contributed by atoms with van der Waals surface area (Å²) in [6.45, 7) is 1.77. The normalized spacial score (nSPS) is 18.7. The highest BCUT2D eigenvalue weighted by Gasteiger charge is 2.48.